The van der Waals surface area contributed by atoms with Crippen LogP contribution in [0.5, 0.6) is 0 Å². The van der Waals surface area contributed by atoms with Gasteiger partial charge in [-0.05, 0) is 46.6 Å². The summed E-state index contributed by atoms with van der Waals surface area (Å²) in [4.78, 5) is 0. The molecule has 1 aromatic carbocycles. The fraction of sp³-hybridized carbons (Fsp3) is 0.600. The van der Waals surface area contributed by atoms with Crippen molar-refractivity contribution in [2.45, 2.75) is 33.2 Å². The smallest absolute Gasteiger partial charge is 0.142 e. The van der Waals surface area contributed by atoms with Gasteiger partial charge in [-0.2, -0.15) is 11.8 Å². The number of benzene rings is 1. The Balaban J connectivity index is 2.74. The second-order valence-corrected chi connectivity index (χ2v) is 7.01. The average Bonchev–Trinajstić information content (AvgIpc) is 2.37. The SMILES string of the molecule is CCCNC(CSCC(C)C)c1cccc(Br)c1F. The summed E-state index contributed by atoms with van der Waals surface area (Å²) in [5.74, 6) is 2.55. The largest absolute Gasteiger partial charge is 0.309 e. The monoisotopic (exact) mass is 347 g/mol. The van der Waals surface area contributed by atoms with Crippen molar-refractivity contribution in [2.24, 2.45) is 5.92 Å². The summed E-state index contributed by atoms with van der Waals surface area (Å²) in [5.41, 5.74) is 0.763. The van der Waals surface area contributed by atoms with Gasteiger partial charge in [0.25, 0.3) is 0 Å². The highest BCUT2D eigenvalue weighted by atomic mass is 79.9. The first-order valence-electron chi connectivity index (χ1n) is 6.81. The van der Waals surface area contributed by atoms with Crippen LogP contribution in [0.1, 0.15) is 38.8 Å². The van der Waals surface area contributed by atoms with Crippen molar-refractivity contribution < 1.29 is 4.39 Å². The van der Waals surface area contributed by atoms with Gasteiger partial charge < -0.3 is 5.32 Å². The van der Waals surface area contributed by atoms with Gasteiger partial charge in [-0.3, -0.25) is 0 Å². The van der Waals surface area contributed by atoms with Crippen molar-refractivity contribution in [3.63, 3.8) is 0 Å². The molecule has 19 heavy (non-hydrogen) atoms. The highest BCUT2D eigenvalue weighted by molar-refractivity contribution is 9.10. The molecule has 1 atom stereocenters. The van der Waals surface area contributed by atoms with Gasteiger partial charge in [-0.1, -0.05) is 32.9 Å². The first kappa shape index (κ1) is 17.0. The topological polar surface area (TPSA) is 12.0 Å². The van der Waals surface area contributed by atoms with Gasteiger partial charge in [0.05, 0.1) is 4.47 Å². The Bertz CT molecular complexity index is 384. The highest BCUT2D eigenvalue weighted by Crippen LogP contribution is 2.26. The van der Waals surface area contributed by atoms with Crippen molar-refractivity contribution in [3.05, 3.63) is 34.1 Å². The predicted octanol–water partition coefficient (Wildman–Crippen LogP) is 5.02. The van der Waals surface area contributed by atoms with E-state index in [4.69, 9.17) is 0 Å². The van der Waals surface area contributed by atoms with Crippen LogP contribution in [0.15, 0.2) is 22.7 Å². The van der Waals surface area contributed by atoms with Crippen LogP contribution in [-0.4, -0.2) is 18.1 Å². The minimum Gasteiger partial charge on any atom is -0.309 e. The molecule has 0 saturated heterocycles. The zero-order chi connectivity index (χ0) is 14.3. The number of nitrogens with one attached hydrogen (secondary N) is 1. The number of rotatable bonds is 8. The summed E-state index contributed by atoms with van der Waals surface area (Å²) in [6.45, 7) is 7.46. The summed E-state index contributed by atoms with van der Waals surface area (Å²) >= 11 is 5.15. The first-order chi connectivity index (χ1) is 9.06. The van der Waals surface area contributed by atoms with Crippen LogP contribution in [0.25, 0.3) is 0 Å². The lowest BCUT2D eigenvalue weighted by atomic mass is 10.1. The molecule has 1 aromatic rings. The van der Waals surface area contributed by atoms with Gasteiger partial charge in [0, 0.05) is 17.4 Å². The minimum atomic E-state index is -0.138. The quantitative estimate of drug-likeness (QED) is 0.708. The van der Waals surface area contributed by atoms with E-state index in [1.807, 2.05) is 23.9 Å². The fourth-order valence-corrected chi connectivity index (χ4v) is 3.31. The Morgan fingerprint density at radius 3 is 2.68 bits per heavy atom. The Kier molecular flexibility index (Phi) is 8.03. The van der Waals surface area contributed by atoms with E-state index >= 15 is 0 Å². The lowest BCUT2D eigenvalue weighted by molar-refractivity contribution is 0.529. The maximum absolute atomic E-state index is 14.2. The molecule has 1 nitrogen and oxygen atoms in total. The van der Waals surface area contributed by atoms with Crippen LogP contribution in [0.4, 0.5) is 4.39 Å². The van der Waals surface area contributed by atoms with Crippen molar-refractivity contribution in [3.8, 4) is 0 Å². The summed E-state index contributed by atoms with van der Waals surface area (Å²) in [5, 5.41) is 3.45. The van der Waals surface area contributed by atoms with Gasteiger partial charge in [-0.25, -0.2) is 4.39 Å². The molecule has 0 amide bonds. The molecule has 0 radical (unpaired) electrons. The lowest BCUT2D eigenvalue weighted by Gasteiger charge is -2.20. The second kappa shape index (κ2) is 8.98. The van der Waals surface area contributed by atoms with E-state index in [2.05, 4.69) is 42.0 Å². The van der Waals surface area contributed by atoms with E-state index in [9.17, 15) is 4.39 Å². The number of hydrogen-bond acceptors (Lipinski definition) is 2. The fourth-order valence-electron chi connectivity index (χ4n) is 1.79. The number of thioether (sulfide) groups is 1. The Morgan fingerprint density at radius 1 is 1.32 bits per heavy atom. The molecule has 0 bridgehead atoms. The lowest BCUT2D eigenvalue weighted by Crippen LogP contribution is -2.25. The number of halogens is 2. The molecule has 4 heteroatoms. The molecule has 1 unspecified atom stereocenters. The molecule has 0 aliphatic heterocycles. The van der Waals surface area contributed by atoms with E-state index in [0.717, 1.165) is 30.0 Å². The molecule has 0 aliphatic carbocycles. The van der Waals surface area contributed by atoms with Gasteiger partial charge in [0.15, 0.2) is 0 Å². The van der Waals surface area contributed by atoms with E-state index in [1.54, 1.807) is 6.07 Å². The molecule has 0 aliphatic rings. The second-order valence-electron chi connectivity index (χ2n) is 5.08. The third kappa shape index (κ3) is 5.84. The highest BCUT2D eigenvalue weighted by Gasteiger charge is 2.16. The molecular formula is C15H23BrFNS. The van der Waals surface area contributed by atoms with Crippen molar-refractivity contribution in [1.29, 1.82) is 0 Å². The molecule has 0 heterocycles. The summed E-state index contributed by atoms with van der Waals surface area (Å²) in [6.07, 6.45) is 1.06. The number of hydrogen-bond donors (Lipinski definition) is 1. The van der Waals surface area contributed by atoms with Crippen molar-refractivity contribution in [1.82, 2.24) is 5.32 Å². The van der Waals surface area contributed by atoms with Gasteiger partial charge >= 0.3 is 0 Å². The molecule has 1 N–H and O–H groups in total. The van der Waals surface area contributed by atoms with Crippen molar-refractivity contribution >= 4 is 27.7 Å². The molecule has 0 spiro atoms. The third-order valence-corrected chi connectivity index (χ3v) is 4.82. The Hall–Kier alpha value is -0.0600. The molecule has 0 fully saturated rings. The van der Waals surface area contributed by atoms with Gasteiger partial charge in [0.2, 0.25) is 0 Å². The predicted molar refractivity (Wildman–Crippen MR) is 87.3 cm³/mol. The molecule has 108 valence electrons. The minimum absolute atomic E-state index is 0.0844. The summed E-state index contributed by atoms with van der Waals surface area (Å²) < 4.78 is 14.7. The van der Waals surface area contributed by atoms with Crippen LogP contribution in [-0.2, 0) is 0 Å². The van der Waals surface area contributed by atoms with Crippen LogP contribution < -0.4 is 5.32 Å². The zero-order valence-electron chi connectivity index (χ0n) is 11.9. The van der Waals surface area contributed by atoms with Crippen molar-refractivity contribution in [2.75, 3.05) is 18.1 Å². The zero-order valence-corrected chi connectivity index (χ0v) is 14.3. The third-order valence-electron chi connectivity index (χ3n) is 2.73. The maximum Gasteiger partial charge on any atom is 0.142 e. The van der Waals surface area contributed by atoms with E-state index < -0.39 is 0 Å². The summed E-state index contributed by atoms with van der Waals surface area (Å²) in [7, 11) is 0. The van der Waals surface area contributed by atoms with E-state index in [1.165, 1.54) is 0 Å². The van der Waals surface area contributed by atoms with Crippen LogP contribution in [0, 0.1) is 11.7 Å². The Labute approximate surface area is 128 Å². The normalized spacial score (nSPS) is 12.9. The molecule has 0 saturated carbocycles. The first-order valence-corrected chi connectivity index (χ1v) is 8.76. The van der Waals surface area contributed by atoms with Gasteiger partial charge in [0.1, 0.15) is 5.82 Å². The Morgan fingerprint density at radius 2 is 2.05 bits per heavy atom. The average molecular weight is 348 g/mol. The molecule has 0 aromatic heterocycles. The molecule has 1 rings (SSSR count). The molecular weight excluding hydrogens is 325 g/mol. The van der Waals surface area contributed by atoms with Gasteiger partial charge in [-0.15, -0.1) is 0 Å². The summed E-state index contributed by atoms with van der Waals surface area (Å²) in [6, 6.07) is 5.61. The van der Waals surface area contributed by atoms with Crippen LogP contribution in [0.3, 0.4) is 0 Å². The van der Waals surface area contributed by atoms with Crippen LogP contribution in [0.2, 0.25) is 0 Å². The maximum atomic E-state index is 14.2. The van der Waals surface area contributed by atoms with E-state index in [-0.39, 0.29) is 11.9 Å². The van der Waals surface area contributed by atoms with E-state index in [0.29, 0.717) is 10.4 Å². The standard InChI is InChI=1S/C15H23BrFNS/c1-4-8-18-14(10-19-9-11(2)3)12-6-5-7-13(16)15(12)17/h5-7,11,14,18H,4,8-10H2,1-3H3. The van der Waals surface area contributed by atoms with Crippen LogP contribution >= 0.6 is 27.7 Å².